The van der Waals surface area contributed by atoms with Crippen molar-refractivity contribution in [1.82, 2.24) is 19.5 Å². The van der Waals surface area contributed by atoms with Crippen molar-refractivity contribution in [2.75, 3.05) is 5.73 Å². The average molecular weight is 251 g/mol. The van der Waals surface area contributed by atoms with E-state index >= 15 is 0 Å². The lowest BCUT2D eigenvalue weighted by atomic mass is 10.1. The Kier molecular flexibility index (Phi) is 2.44. The summed E-state index contributed by atoms with van der Waals surface area (Å²) in [6, 6.07) is 0. The minimum absolute atomic E-state index is 0.264. The summed E-state index contributed by atoms with van der Waals surface area (Å²) in [5, 5.41) is 19.6. The van der Waals surface area contributed by atoms with Crippen LogP contribution in [0.15, 0.2) is 12.7 Å². The Hall–Kier alpha value is -1.77. The molecule has 8 nitrogen and oxygen atoms in total. The van der Waals surface area contributed by atoms with Crippen molar-refractivity contribution in [2.24, 2.45) is 0 Å². The number of nitrogen functional groups attached to an aromatic ring is 1. The molecule has 1 aliphatic rings. The Bertz CT molecular complexity index is 586. The third-order valence-electron chi connectivity index (χ3n) is 3.14. The van der Waals surface area contributed by atoms with Gasteiger partial charge in [0.05, 0.1) is 12.4 Å². The van der Waals surface area contributed by atoms with Gasteiger partial charge >= 0.3 is 0 Å². The molecule has 0 spiro atoms. The lowest BCUT2D eigenvalue weighted by Crippen LogP contribution is -2.30. The van der Waals surface area contributed by atoms with E-state index in [0.29, 0.717) is 11.2 Å². The first-order valence-corrected chi connectivity index (χ1v) is 5.54. The van der Waals surface area contributed by atoms with Crippen LogP contribution in [0.25, 0.3) is 11.2 Å². The topological polar surface area (TPSA) is 119 Å². The van der Waals surface area contributed by atoms with Crippen LogP contribution in [0.2, 0.25) is 0 Å². The second-order valence-electron chi connectivity index (χ2n) is 4.30. The van der Waals surface area contributed by atoms with E-state index in [0.717, 1.165) is 0 Å². The fourth-order valence-corrected chi connectivity index (χ4v) is 2.11. The Labute approximate surface area is 102 Å². The molecule has 0 saturated carbocycles. The normalized spacial score (nSPS) is 32.2. The monoisotopic (exact) mass is 251 g/mol. The van der Waals surface area contributed by atoms with E-state index in [1.54, 1.807) is 11.5 Å². The second kappa shape index (κ2) is 3.87. The number of nitrogens with two attached hydrogens (primary N) is 1. The number of aromatic nitrogens is 4. The molecule has 1 unspecified atom stereocenters. The fraction of sp³-hybridized carbons (Fsp3) is 0.500. The maximum atomic E-state index is 9.93. The Morgan fingerprint density at radius 1 is 1.28 bits per heavy atom. The molecule has 0 radical (unpaired) electrons. The van der Waals surface area contributed by atoms with Gasteiger partial charge in [-0.25, -0.2) is 15.0 Å². The van der Waals surface area contributed by atoms with Crippen LogP contribution < -0.4 is 5.73 Å². The Morgan fingerprint density at radius 3 is 2.72 bits per heavy atom. The van der Waals surface area contributed by atoms with Crippen LogP contribution >= 0.6 is 0 Å². The van der Waals surface area contributed by atoms with Gasteiger partial charge in [-0.15, -0.1) is 0 Å². The highest BCUT2D eigenvalue weighted by Gasteiger charge is 2.41. The molecule has 4 atom stereocenters. The lowest BCUT2D eigenvalue weighted by molar-refractivity contribution is -0.0299. The van der Waals surface area contributed by atoms with Gasteiger partial charge < -0.3 is 20.7 Å². The molecule has 18 heavy (non-hydrogen) atoms. The van der Waals surface area contributed by atoms with Crippen molar-refractivity contribution in [1.29, 1.82) is 0 Å². The van der Waals surface area contributed by atoms with Crippen molar-refractivity contribution in [2.45, 2.75) is 31.5 Å². The van der Waals surface area contributed by atoms with Crippen LogP contribution in [0.5, 0.6) is 0 Å². The molecule has 1 fully saturated rings. The van der Waals surface area contributed by atoms with Gasteiger partial charge in [-0.05, 0) is 6.92 Å². The number of rotatable bonds is 1. The van der Waals surface area contributed by atoms with Crippen molar-refractivity contribution < 1.29 is 14.9 Å². The molecular weight excluding hydrogens is 238 g/mol. The summed E-state index contributed by atoms with van der Waals surface area (Å²) in [4.78, 5) is 12.0. The van der Waals surface area contributed by atoms with Crippen LogP contribution in [-0.4, -0.2) is 48.0 Å². The number of nitrogens with zero attached hydrogens (tertiary/aromatic N) is 4. The summed E-state index contributed by atoms with van der Waals surface area (Å²) in [6.45, 7) is 1.69. The van der Waals surface area contributed by atoms with E-state index in [-0.39, 0.29) is 5.82 Å². The summed E-state index contributed by atoms with van der Waals surface area (Å²) >= 11 is 0. The maximum Gasteiger partial charge on any atom is 0.167 e. The van der Waals surface area contributed by atoms with Gasteiger partial charge in [-0.2, -0.15) is 0 Å². The second-order valence-corrected chi connectivity index (χ2v) is 4.30. The number of aliphatic hydroxyl groups is 2. The molecule has 2 aromatic heterocycles. The molecule has 0 amide bonds. The predicted molar refractivity (Wildman–Crippen MR) is 61.3 cm³/mol. The largest absolute Gasteiger partial charge is 0.388 e. The van der Waals surface area contributed by atoms with Crippen LogP contribution in [0.3, 0.4) is 0 Å². The highest BCUT2D eigenvalue weighted by molar-refractivity contribution is 5.81. The lowest BCUT2D eigenvalue weighted by Gasteiger charge is -2.16. The van der Waals surface area contributed by atoms with E-state index in [4.69, 9.17) is 10.5 Å². The smallest absolute Gasteiger partial charge is 0.167 e. The number of hydrogen-bond acceptors (Lipinski definition) is 7. The molecule has 2 aromatic rings. The number of ether oxygens (including phenoxy) is 1. The number of fused-ring (bicyclic) bond motifs is 1. The van der Waals surface area contributed by atoms with E-state index < -0.39 is 24.5 Å². The van der Waals surface area contributed by atoms with Gasteiger partial charge in [-0.3, -0.25) is 4.57 Å². The standard InChI is InChI=1S/C10H13N5O3/c1-4-6(16)7(17)10(18-4)15-3-14-5-8(11)12-2-13-9(5)15/h2-4,6-7,10,16-17H,1H3,(H2,11,12,13)/t4-,6?,7+,10-/m1/s1. The first-order chi connectivity index (χ1) is 8.59. The van der Waals surface area contributed by atoms with Gasteiger partial charge in [0.25, 0.3) is 0 Å². The van der Waals surface area contributed by atoms with E-state index in [1.807, 2.05) is 0 Å². The fourth-order valence-electron chi connectivity index (χ4n) is 2.11. The summed E-state index contributed by atoms with van der Waals surface area (Å²) < 4.78 is 7.05. The molecule has 0 bridgehead atoms. The summed E-state index contributed by atoms with van der Waals surface area (Å²) in [7, 11) is 0. The van der Waals surface area contributed by atoms with Crippen molar-refractivity contribution in [3.63, 3.8) is 0 Å². The summed E-state index contributed by atoms with van der Waals surface area (Å²) in [6.07, 6.45) is -0.373. The third kappa shape index (κ3) is 1.47. The van der Waals surface area contributed by atoms with E-state index in [9.17, 15) is 10.2 Å². The SMILES string of the molecule is C[C@H]1O[C@@H](n2cnc3c(N)ncnc32)[C@@H](O)C1O. The molecule has 1 aliphatic heterocycles. The van der Waals surface area contributed by atoms with Gasteiger partial charge in [0.2, 0.25) is 0 Å². The van der Waals surface area contributed by atoms with Gasteiger partial charge in [-0.1, -0.05) is 0 Å². The summed E-state index contributed by atoms with van der Waals surface area (Å²) in [5.74, 6) is 0.264. The van der Waals surface area contributed by atoms with Gasteiger partial charge in [0, 0.05) is 0 Å². The third-order valence-corrected chi connectivity index (χ3v) is 3.14. The van der Waals surface area contributed by atoms with Crippen LogP contribution in [-0.2, 0) is 4.74 Å². The Morgan fingerprint density at radius 2 is 2.06 bits per heavy atom. The van der Waals surface area contributed by atoms with E-state index in [1.165, 1.54) is 12.7 Å². The first kappa shape index (κ1) is 11.3. The predicted octanol–water partition coefficient (Wildman–Crippen LogP) is -0.952. The zero-order valence-corrected chi connectivity index (χ0v) is 9.63. The molecule has 8 heteroatoms. The van der Waals surface area contributed by atoms with E-state index in [2.05, 4.69) is 15.0 Å². The highest BCUT2D eigenvalue weighted by atomic mass is 16.6. The number of anilines is 1. The molecule has 1 saturated heterocycles. The molecule has 0 aromatic carbocycles. The van der Waals surface area contributed by atoms with Crippen LogP contribution in [0.4, 0.5) is 5.82 Å². The molecule has 0 aliphatic carbocycles. The van der Waals surface area contributed by atoms with Crippen molar-refractivity contribution >= 4 is 17.0 Å². The zero-order chi connectivity index (χ0) is 12.9. The average Bonchev–Trinajstić information content (AvgIpc) is 2.88. The number of hydrogen-bond donors (Lipinski definition) is 3. The number of aliphatic hydroxyl groups excluding tert-OH is 2. The Balaban J connectivity index is 2.08. The minimum Gasteiger partial charge on any atom is -0.388 e. The molecule has 3 rings (SSSR count). The van der Waals surface area contributed by atoms with Crippen LogP contribution in [0.1, 0.15) is 13.2 Å². The van der Waals surface area contributed by atoms with Crippen molar-refractivity contribution in [3.05, 3.63) is 12.7 Å². The number of imidazole rings is 1. The minimum atomic E-state index is -1.03. The first-order valence-electron chi connectivity index (χ1n) is 5.54. The van der Waals surface area contributed by atoms with Gasteiger partial charge in [0.15, 0.2) is 17.7 Å². The van der Waals surface area contributed by atoms with Gasteiger partial charge in [0.1, 0.15) is 24.1 Å². The molecule has 96 valence electrons. The quantitative estimate of drug-likeness (QED) is 0.597. The van der Waals surface area contributed by atoms with Crippen molar-refractivity contribution in [3.8, 4) is 0 Å². The zero-order valence-electron chi connectivity index (χ0n) is 9.63. The maximum absolute atomic E-state index is 9.93. The molecule has 4 N–H and O–H groups in total. The summed E-state index contributed by atoms with van der Waals surface area (Å²) in [5.41, 5.74) is 6.59. The molecular formula is C10H13N5O3. The molecule has 3 heterocycles. The van der Waals surface area contributed by atoms with Crippen LogP contribution in [0, 0.1) is 0 Å². The highest BCUT2D eigenvalue weighted by Crippen LogP contribution is 2.31.